The number of hydrogen-bond acceptors (Lipinski definition) is 4. The zero-order valence-corrected chi connectivity index (χ0v) is 12.9. The Morgan fingerprint density at radius 3 is 2.77 bits per heavy atom. The number of carbonyl (C=O) groups is 2. The third-order valence-corrected chi connectivity index (χ3v) is 5.16. The largest absolute Gasteiger partial charge is 0.477 e. The molecule has 0 unspecified atom stereocenters. The second kappa shape index (κ2) is 6.44. The van der Waals surface area contributed by atoms with E-state index in [0.29, 0.717) is 6.42 Å². The van der Waals surface area contributed by atoms with E-state index in [2.05, 4.69) is 5.32 Å². The van der Waals surface area contributed by atoms with Crippen molar-refractivity contribution >= 4 is 29.3 Å². The van der Waals surface area contributed by atoms with Gasteiger partial charge in [-0.2, -0.15) is 0 Å². The van der Waals surface area contributed by atoms with Crippen molar-refractivity contribution in [2.45, 2.75) is 31.1 Å². The van der Waals surface area contributed by atoms with Gasteiger partial charge in [0, 0.05) is 17.1 Å². The van der Waals surface area contributed by atoms with Gasteiger partial charge < -0.3 is 10.4 Å². The molecule has 1 saturated heterocycles. The lowest BCUT2D eigenvalue weighted by atomic mass is 10.1. The highest BCUT2D eigenvalue weighted by atomic mass is 32.2. The third-order valence-electron chi connectivity index (χ3n) is 3.83. The van der Waals surface area contributed by atoms with Crippen molar-refractivity contribution in [3.05, 3.63) is 40.9 Å². The number of rotatable bonds is 7. The van der Waals surface area contributed by atoms with Crippen molar-refractivity contribution in [3.63, 3.8) is 0 Å². The molecule has 2 aliphatic heterocycles. The van der Waals surface area contributed by atoms with Crippen LogP contribution < -0.4 is 5.32 Å². The van der Waals surface area contributed by atoms with E-state index in [0.717, 1.165) is 36.4 Å². The van der Waals surface area contributed by atoms with Crippen LogP contribution in [-0.4, -0.2) is 33.8 Å². The molecule has 1 aromatic carbocycles. The van der Waals surface area contributed by atoms with Gasteiger partial charge in [-0.25, -0.2) is 4.79 Å². The number of hydrogen-bond donors (Lipinski definition) is 2. The quantitative estimate of drug-likeness (QED) is 0.597. The molecule has 1 amide bonds. The summed E-state index contributed by atoms with van der Waals surface area (Å²) in [6.07, 6.45) is 3.06. The summed E-state index contributed by atoms with van der Waals surface area (Å²) >= 11 is 1.54. The van der Waals surface area contributed by atoms with Gasteiger partial charge in [0.15, 0.2) is 0 Å². The van der Waals surface area contributed by atoms with Crippen LogP contribution in [0.2, 0.25) is 0 Å². The molecule has 3 rings (SSSR count). The number of aliphatic carboxylic acids is 1. The minimum absolute atomic E-state index is 0.0241. The minimum Gasteiger partial charge on any atom is -0.477 e. The van der Waals surface area contributed by atoms with Crippen LogP contribution in [0.1, 0.15) is 25.7 Å². The van der Waals surface area contributed by atoms with Gasteiger partial charge in [-0.15, -0.1) is 11.8 Å². The molecular formula is C16H18N2O3S. The van der Waals surface area contributed by atoms with Gasteiger partial charge in [-0.05, 0) is 31.4 Å². The van der Waals surface area contributed by atoms with E-state index in [4.69, 9.17) is 0 Å². The Bertz CT molecular complexity index is 615. The highest BCUT2D eigenvalue weighted by Crippen LogP contribution is 2.47. The van der Waals surface area contributed by atoms with Crippen molar-refractivity contribution < 1.29 is 14.7 Å². The normalized spacial score (nSPS) is 19.9. The zero-order chi connectivity index (χ0) is 15.5. The van der Waals surface area contributed by atoms with Crippen LogP contribution in [0.4, 0.5) is 5.69 Å². The molecule has 2 N–H and O–H groups in total. The van der Waals surface area contributed by atoms with Gasteiger partial charge in [0.1, 0.15) is 5.70 Å². The summed E-state index contributed by atoms with van der Waals surface area (Å²) in [5.74, 6) is -1.06. The Kier molecular flexibility index (Phi) is 4.38. The Hall–Kier alpha value is -1.95. The molecule has 22 heavy (non-hydrogen) atoms. The molecule has 0 aromatic heterocycles. The van der Waals surface area contributed by atoms with E-state index in [1.165, 1.54) is 16.7 Å². The van der Waals surface area contributed by atoms with Crippen LogP contribution in [0.15, 0.2) is 40.9 Å². The first kappa shape index (κ1) is 15.0. The summed E-state index contributed by atoms with van der Waals surface area (Å²) in [6.45, 7) is 0.858. The topological polar surface area (TPSA) is 69.6 Å². The number of unbranched alkanes of at least 4 members (excludes halogenated alkanes) is 1. The first-order valence-corrected chi connectivity index (χ1v) is 8.29. The highest BCUT2D eigenvalue weighted by Gasteiger charge is 2.47. The Labute approximate surface area is 133 Å². The number of fused-ring (bicyclic) bond motifs is 1. The van der Waals surface area contributed by atoms with Crippen molar-refractivity contribution in [1.82, 2.24) is 4.90 Å². The van der Waals surface area contributed by atoms with Gasteiger partial charge in [-0.1, -0.05) is 18.2 Å². The molecule has 5 nitrogen and oxygen atoms in total. The molecular weight excluding hydrogens is 300 g/mol. The molecule has 0 bridgehead atoms. The van der Waals surface area contributed by atoms with Crippen LogP contribution in [-0.2, 0) is 9.59 Å². The van der Waals surface area contributed by atoms with Crippen LogP contribution in [0.25, 0.3) is 0 Å². The van der Waals surface area contributed by atoms with Crippen molar-refractivity contribution in [1.29, 1.82) is 0 Å². The van der Waals surface area contributed by atoms with E-state index in [1.54, 1.807) is 0 Å². The van der Waals surface area contributed by atoms with E-state index in [-0.39, 0.29) is 17.0 Å². The SMILES string of the molecule is O=C(O)C1=C(CCCCNc2ccccc2)S[C@H]2CC(=O)N12. The van der Waals surface area contributed by atoms with Crippen molar-refractivity contribution in [2.75, 3.05) is 11.9 Å². The highest BCUT2D eigenvalue weighted by molar-refractivity contribution is 8.04. The number of amides is 1. The number of carboxylic acids is 1. The van der Waals surface area contributed by atoms with E-state index < -0.39 is 5.97 Å². The van der Waals surface area contributed by atoms with Crippen LogP contribution in [0.5, 0.6) is 0 Å². The Morgan fingerprint density at radius 1 is 1.32 bits per heavy atom. The number of carbonyl (C=O) groups excluding carboxylic acids is 1. The third kappa shape index (κ3) is 2.97. The number of allylic oxidation sites excluding steroid dienone is 1. The maximum atomic E-state index is 11.5. The smallest absolute Gasteiger partial charge is 0.353 e. The number of para-hydroxylation sites is 1. The fourth-order valence-corrected chi connectivity index (χ4v) is 4.15. The first-order valence-electron chi connectivity index (χ1n) is 7.41. The van der Waals surface area contributed by atoms with Gasteiger partial charge in [0.25, 0.3) is 0 Å². The zero-order valence-electron chi connectivity index (χ0n) is 12.1. The van der Waals surface area contributed by atoms with Crippen LogP contribution in [0.3, 0.4) is 0 Å². The lowest BCUT2D eigenvalue weighted by Gasteiger charge is -2.33. The fourth-order valence-electron chi connectivity index (χ4n) is 2.70. The van der Waals surface area contributed by atoms with E-state index in [1.807, 2.05) is 30.3 Å². The number of anilines is 1. The molecule has 2 aliphatic rings. The molecule has 6 heteroatoms. The van der Waals surface area contributed by atoms with E-state index in [9.17, 15) is 14.7 Å². The number of nitrogens with zero attached hydrogens (tertiary/aromatic N) is 1. The molecule has 0 spiro atoms. The fraction of sp³-hybridized carbons (Fsp3) is 0.375. The number of benzene rings is 1. The van der Waals surface area contributed by atoms with E-state index >= 15 is 0 Å². The molecule has 1 fully saturated rings. The number of β-lactam (4-membered cyclic amide) rings is 1. The van der Waals surface area contributed by atoms with Gasteiger partial charge in [0.05, 0.1) is 11.8 Å². The summed E-state index contributed by atoms with van der Waals surface area (Å²) in [5.41, 5.74) is 1.31. The number of nitrogens with one attached hydrogen (secondary N) is 1. The lowest BCUT2D eigenvalue weighted by Crippen LogP contribution is -2.48. The number of thioether (sulfide) groups is 1. The second-order valence-corrected chi connectivity index (χ2v) is 6.64. The average molecular weight is 318 g/mol. The second-order valence-electron chi connectivity index (χ2n) is 5.37. The molecule has 0 saturated carbocycles. The van der Waals surface area contributed by atoms with Gasteiger partial charge in [-0.3, -0.25) is 9.69 Å². The molecule has 2 heterocycles. The maximum Gasteiger partial charge on any atom is 0.353 e. The summed E-state index contributed by atoms with van der Waals surface area (Å²) in [7, 11) is 0. The van der Waals surface area contributed by atoms with Gasteiger partial charge in [0.2, 0.25) is 5.91 Å². The predicted octanol–water partition coefficient (Wildman–Crippen LogP) is 2.87. The number of carboxylic acid groups (broad SMARTS) is 1. The molecule has 1 aromatic rings. The lowest BCUT2D eigenvalue weighted by molar-refractivity contribution is -0.145. The molecule has 116 valence electrons. The van der Waals surface area contributed by atoms with Crippen molar-refractivity contribution in [2.24, 2.45) is 0 Å². The average Bonchev–Trinajstić information content (AvgIpc) is 2.80. The first-order chi connectivity index (χ1) is 10.7. The maximum absolute atomic E-state index is 11.5. The molecule has 0 aliphatic carbocycles. The monoisotopic (exact) mass is 318 g/mol. The summed E-state index contributed by atoms with van der Waals surface area (Å²) in [5, 5.41) is 12.7. The van der Waals surface area contributed by atoms with Crippen LogP contribution >= 0.6 is 11.8 Å². The minimum atomic E-state index is -0.986. The van der Waals surface area contributed by atoms with Gasteiger partial charge >= 0.3 is 5.97 Å². The standard InChI is InChI=1S/C16H18N2O3S/c19-13-10-14-18(13)15(16(20)21)12(22-14)8-4-5-9-17-11-6-2-1-3-7-11/h1-3,6-7,14,17H,4-5,8-10H2,(H,20,21)/t14-/m0/s1. The molecule has 1 atom stereocenters. The predicted molar refractivity (Wildman–Crippen MR) is 86.3 cm³/mol. The summed E-state index contributed by atoms with van der Waals surface area (Å²) in [6, 6.07) is 10.0. The summed E-state index contributed by atoms with van der Waals surface area (Å²) < 4.78 is 0. The van der Waals surface area contributed by atoms with Crippen molar-refractivity contribution in [3.8, 4) is 0 Å². The molecule has 0 radical (unpaired) electrons. The Balaban J connectivity index is 1.47. The summed E-state index contributed by atoms with van der Waals surface area (Å²) in [4.78, 5) is 25.1. The van der Waals surface area contributed by atoms with Crippen LogP contribution in [0, 0.1) is 0 Å². The Morgan fingerprint density at radius 2 is 2.09 bits per heavy atom.